The Kier molecular flexibility index (Phi) is 2.17. The summed E-state index contributed by atoms with van der Waals surface area (Å²) in [6.45, 7) is -0.446. The van der Waals surface area contributed by atoms with Crippen molar-refractivity contribution in [3.63, 3.8) is 0 Å². The lowest BCUT2D eigenvalue weighted by Gasteiger charge is -2.24. The molecule has 0 spiro atoms. The molecule has 67 valence electrons. The van der Waals surface area contributed by atoms with Crippen LogP contribution in [0.5, 0.6) is 0 Å². The second-order valence-electron chi connectivity index (χ2n) is 1.98. The smallest absolute Gasteiger partial charge is 0.200 e. The fourth-order valence-electron chi connectivity index (χ4n) is 0.256. The standard InChI is InChI=1S/C4H3F6O/c1-2(5,6)3(7,8)4(9,10)11/h1H3. The quantitative estimate of drug-likeness (QED) is 0.582. The van der Waals surface area contributed by atoms with E-state index in [1.165, 1.54) is 0 Å². The minimum atomic E-state index is -5.95. The average molecular weight is 181 g/mol. The molecular weight excluding hydrogens is 178 g/mol. The van der Waals surface area contributed by atoms with Gasteiger partial charge in [0.15, 0.2) is 0 Å². The van der Waals surface area contributed by atoms with Gasteiger partial charge in [0.05, 0.1) is 0 Å². The second kappa shape index (κ2) is 2.26. The van der Waals surface area contributed by atoms with Gasteiger partial charge in [-0.2, -0.15) is 31.4 Å². The molecule has 0 rings (SSSR count). The van der Waals surface area contributed by atoms with Gasteiger partial charge >= 0.3 is 18.0 Å². The molecule has 0 aliphatic rings. The largest absolute Gasteiger partial charge is 0.451 e. The van der Waals surface area contributed by atoms with Crippen LogP contribution in [0.25, 0.3) is 0 Å². The number of rotatable bonds is 2. The molecule has 0 bridgehead atoms. The van der Waals surface area contributed by atoms with Crippen molar-refractivity contribution in [3.8, 4) is 0 Å². The van der Waals surface area contributed by atoms with Crippen LogP contribution < -0.4 is 0 Å². The molecule has 1 radical (unpaired) electrons. The lowest BCUT2D eigenvalue weighted by atomic mass is 10.2. The van der Waals surface area contributed by atoms with E-state index in [-0.39, 0.29) is 0 Å². The van der Waals surface area contributed by atoms with Crippen LogP contribution in [-0.4, -0.2) is 18.0 Å². The van der Waals surface area contributed by atoms with Crippen molar-refractivity contribution in [2.24, 2.45) is 0 Å². The highest BCUT2D eigenvalue weighted by molar-refractivity contribution is 4.86. The topological polar surface area (TPSA) is 19.9 Å². The summed E-state index contributed by atoms with van der Waals surface area (Å²) >= 11 is 0. The summed E-state index contributed by atoms with van der Waals surface area (Å²) < 4.78 is 68.8. The molecule has 0 saturated heterocycles. The summed E-state index contributed by atoms with van der Waals surface area (Å²) in [6.07, 6.45) is -5.95. The first-order valence-corrected chi connectivity index (χ1v) is 2.34. The highest BCUT2D eigenvalue weighted by Crippen LogP contribution is 2.43. The molecule has 1 nitrogen and oxygen atoms in total. The molecule has 0 saturated carbocycles. The van der Waals surface area contributed by atoms with E-state index in [4.69, 9.17) is 0 Å². The van der Waals surface area contributed by atoms with Crippen molar-refractivity contribution in [1.29, 1.82) is 0 Å². The van der Waals surface area contributed by atoms with Gasteiger partial charge in [-0.3, -0.25) is 0 Å². The van der Waals surface area contributed by atoms with E-state index in [0.29, 0.717) is 0 Å². The number of halogens is 6. The first-order chi connectivity index (χ1) is 4.50. The van der Waals surface area contributed by atoms with Gasteiger partial charge in [0, 0.05) is 6.92 Å². The molecule has 0 aromatic rings. The summed E-state index contributed by atoms with van der Waals surface area (Å²) in [6, 6.07) is 0. The normalized spacial score (nSPS) is 15.3. The molecule has 7 heteroatoms. The highest BCUT2D eigenvalue weighted by Gasteiger charge is 2.70. The first kappa shape index (κ1) is 10.5. The first-order valence-electron chi connectivity index (χ1n) is 2.34. The van der Waals surface area contributed by atoms with Crippen LogP contribution in [-0.2, 0) is 5.11 Å². The van der Waals surface area contributed by atoms with E-state index in [9.17, 15) is 31.4 Å². The maximum atomic E-state index is 11.6. The zero-order chi connectivity index (χ0) is 9.50. The van der Waals surface area contributed by atoms with Crippen LogP contribution in [0.4, 0.5) is 26.3 Å². The van der Waals surface area contributed by atoms with Crippen LogP contribution in [0.3, 0.4) is 0 Å². The van der Waals surface area contributed by atoms with E-state index in [2.05, 4.69) is 0 Å². The monoisotopic (exact) mass is 181 g/mol. The van der Waals surface area contributed by atoms with Gasteiger partial charge < -0.3 is 0 Å². The molecule has 0 aliphatic carbocycles. The van der Waals surface area contributed by atoms with Crippen LogP contribution >= 0.6 is 0 Å². The van der Waals surface area contributed by atoms with E-state index >= 15 is 0 Å². The minimum absolute atomic E-state index is 0.446. The van der Waals surface area contributed by atoms with E-state index in [1.54, 1.807) is 0 Å². The van der Waals surface area contributed by atoms with Crippen molar-refractivity contribution in [2.45, 2.75) is 24.9 Å². The van der Waals surface area contributed by atoms with Gasteiger partial charge in [-0.05, 0) is 0 Å². The molecule has 0 aliphatic heterocycles. The van der Waals surface area contributed by atoms with E-state index in [1.807, 2.05) is 0 Å². The fraction of sp³-hybridized carbons (Fsp3) is 1.00. The second-order valence-corrected chi connectivity index (χ2v) is 1.98. The van der Waals surface area contributed by atoms with Crippen LogP contribution in [0.15, 0.2) is 0 Å². The van der Waals surface area contributed by atoms with Crippen molar-refractivity contribution in [2.75, 3.05) is 0 Å². The molecule has 0 aromatic heterocycles. The lowest BCUT2D eigenvalue weighted by Crippen LogP contribution is -2.51. The molecule has 0 fully saturated rings. The lowest BCUT2D eigenvalue weighted by molar-refractivity contribution is -0.400. The predicted molar refractivity (Wildman–Crippen MR) is 21.2 cm³/mol. The maximum Gasteiger partial charge on any atom is 0.451 e. The van der Waals surface area contributed by atoms with Crippen LogP contribution in [0.2, 0.25) is 0 Å². The van der Waals surface area contributed by atoms with Gasteiger partial charge in [-0.25, -0.2) is 0 Å². The van der Waals surface area contributed by atoms with E-state index < -0.39 is 24.9 Å². The Morgan fingerprint density at radius 2 is 1.18 bits per heavy atom. The predicted octanol–water partition coefficient (Wildman–Crippen LogP) is 2.30. The number of hydrogen-bond donors (Lipinski definition) is 0. The Morgan fingerprint density at radius 3 is 1.18 bits per heavy atom. The van der Waals surface area contributed by atoms with Crippen LogP contribution in [0.1, 0.15) is 6.92 Å². The zero-order valence-corrected chi connectivity index (χ0v) is 5.18. The molecule has 0 unspecified atom stereocenters. The molecule has 11 heavy (non-hydrogen) atoms. The Balaban J connectivity index is 4.75. The highest BCUT2D eigenvalue weighted by atomic mass is 19.3. The van der Waals surface area contributed by atoms with Gasteiger partial charge in [0.25, 0.3) is 0 Å². The SMILES string of the molecule is CC(F)(F)C(F)(F)C([O])(F)F. The van der Waals surface area contributed by atoms with Gasteiger partial charge in [-0.15, -0.1) is 0 Å². The Labute approximate surface area is 57.6 Å². The third-order valence-electron chi connectivity index (χ3n) is 0.917. The minimum Gasteiger partial charge on any atom is -0.200 e. The molecule has 0 N–H and O–H groups in total. The fourth-order valence-corrected chi connectivity index (χ4v) is 0.256. The van der Waals surface area contributed by atoms with Crippen molar-refractivity contribution in [1.82, 2.24) is 0 Å². The molecule has 0 atom stereocenters. The van der Waals surface area contributed by atoms with Crippen LogP contribution in [0, 0.1) is 0 Å². The van der Waals surface area contributed by atoms with Gasteiger partial charge in [-0.1, -0.05) is 0 Å². The number of alkyl halides is 6. The van der Waals surface area contributed by atoms with E-state index in [0.717, 1.165) is 0 Å². The number of hydrogen-bond acceptors (Lipinski definition) is 0. The average Bonchev–Trinajstić information content (AvgIpc) is 1.58. The summed E-state index contributed by atoms with van der Waals surface area (Å²) in [5.41, 5.74) is 0. The van der Waals surface area contributed by atoms with Crippen molar-refractivity contribution >= 4 is 0 Å². The van der Waals surface area contributed by atoms with Crippen molar-refractivity contribution in [3.05, 3.63) is 0 Å². The summed E-state index contributed by atoms with van der Waals surface area (Å²) in [7, 11) is 0. The summed E-state index contributed by atoms with van der Waals surface area (Å²) in [5.74, 6) is -10.9. The Morgan fingerprint density at radius 1 is 0.909 bits per heavy atom. The third-order valence-corrected chi connectivity index (χ3v) is 0.917. The summed E-state index contributed by atoms with van der Waals surface area (Å²) in [4.78, 5) is 0. The Bertz CT molecular complexity index is 126. The van der Waals surface area contributed by atoms with Gasteiger partial charge in [0.2, 0.25) is 0 Å². The zero-order valence-electron chi connectivity index (χ0n) is 5.18. The Hall–Kier alpha value is -0.460. The maximum absolute atomic E-state index is 11.6. The third kappa shape index (κ3) is 1.76. The molecular formula is C4H3F6O. The molecule has 0 heterocycles. The van der Waals surface area contributed by atoms with Gasteiger partial charge in [0.1, 0.15) is 0 Å². The van der Waals surface area contributed by atoms with Crippen molar-refractivity contribution < 1.29 is 31.4 Å². The summed E-state index contributed by atoms with van der Waals surface area (Å²) in [5, 5.41) is 9.21. The molecule has 0 amide bonds. The molecule has 0 aromatic carbocycles.